The number of carbonyl (C=O) groups excluding carboxylic acids is 1. The second-order valence-electron chi connectivity index (χ2n) is 5.03. The Bertz CT molecular complexity index is 442. The van der Waals surface area contributed by atoms with E-state index in [2.05, 4.69) is 22.5 Å². The number of piperidine rings is 1. The van der Waals surface area contributed by atoms with Crippen molar-refractivity contribution in [2.75, 3.05) is 19.7 Å². The molecule has 0 spiro atoms. The molecule has 0 saturated carbocycles. The minimum absolute atomic E-state index is 0. The zero-order valence-electron chi connectivity index (χ0n) is 12.0. The van der Waals surface area contributed by atoms with Gasteiger partial charge in [-0.25, -0.2) is 4.98 Å². The molecule has 1 saturated heterocycles. The second kappa shape index (κ2) is 9.07. The van der Waals surface area contributed by atoms with Gasteiger partial charge in [-0.05, 0) is 32.4 Å². The molecule has 118 valence electrons. The van der Waals surface area contributed by atoms with E-state index in [1.807, 2.05) is 0 Å². The zero-order valence-corrected chi connectivity index (χ0v) is 13.5. The average molecular weight is 334 g/mol. The van der Waals surface area contributed by atoms with Crippen LogP contribution in [0.5, 0.6) is 5.88 Å². The number of carbonyl (C=O) groups is 1. The van der Waals surface area contributed by atoms with Gasteiger partial charge in [-0.15, -0.1) is 12.4 Å². The number of hydrogen-bond donors (Lipinski definition) is 2. The lowest BCUT2D eigenvalue weighted by Gasteiger charge is -2.27. The summed E-state index contributed by atoms with van der Waals surface area (Å²) in [6.07, 6.45) is 3.33. The van der Waals surface area contributed by atoms with E-state index in [-0.39, 0.29) is 24.2 Å². The summed E-state index contributed by atoms with van der Waals surface area (Å²) in [4.78, 5) is 16.0. The van der Waals surface area contributed by atoms with Crippen molar-refractivity contribution in [1.29, 1.82) is 0 Å². The summed E-state index contributed by atoms with van der Waals surface area (Å²) in [5, 5.41) is 6.82. The molecule has 0 bridgehead atoms. The van der Waals surface area contributed by atoms with Gasteiger partial charge in [-0.3, -0.25) is 4.79 Å². The van der Waals surface area contributed by atoms with Crippen LogP contribution < -0.4 is 15.4 Å². The normalized spacial score (nSPS) is 21.2. The number of aromatic nitrogens is 1. The number of ether oxygens (including phenoxy) is 1. The largest absolute Gasteiger partial charge is 0.476 e. The molecule has 7 heteroatoms. The highest BCUT2D eigenvalue weighted by atomic mass is 35.5. The first-order valence-electron chi connectivity index (χ1n) is 6.90. The third-order valence-corrected chi connectivity index (χ3v) is 3.57. The van der Waals surface area contributed by atoms with Crippen LogP contribution in [0.4, 0.5) is 0 Å². The molecule has 5 nitrogen and oxygen atoms in total. The molecule has 1 aliphatic rings. The van der Waals surface area contributed by atoms with Gasteiger partial charge in [-0.2, -0.15) is 0 Å². The number of nitrogens with one attached hydrogen (secondary N) is 2. The Labute approximate surface area is 136 Å². The minimum Gasteiger partial charge on any atom is -0.476 e. The van der Waals surface area contributed by atoms with E-state index >= 15 is 0 Å². The van der Waals surface area contributed by atoms with Crippen molar-refractivity contribution < 1.29 is 9.53 Å². The van der Waals surface area contributed by atoms with Crippen molar-refractivity contribution in [3.63, 3.8) is 0 Å². The van der Waals surface area contributed by atoms with Gasteiger partial charge in [0.1, 0.15) is 6.61 Å². The molecule has 21 heavy (non-hydrogen) atoms. The van der Waals surface area contributed by atoms with E-state index in [1.54, 1.807) is 12.1 Å². The van der Waals surface area contributed by atoms with Gasteiger partial charge in [-0.1, -0.05) is 11.6 Å². The third-order valence-electron chi connectivity index (χ3n) is 3.35. The van der Waals surface area contributed by atoms with Crippen LogP contribution in [0, 0.1) is 5.92 Å². The quantitative estimate of drug-likeness (QED) is 0.809. The fourth-order valence-corrected chi connectivity index (χ4v) is 2.40. The summed E-state index contributed by atoms with van der Waals surface area (Å²) in [5.41, 5.74) is 0. The zero-order chi connectivity index (χ0) is 14.4. The van der Waals surface area contributed by atoms with Crippen LogP contribution in [0.25, 0.3) is 0 Å². The number of pyridine rings is 1. The van der Waals surface area contributed by atoms with Crippen LogP contribution in [0.2, 0.25) is 5.02 Å². The van der Waals surface area contributed by atoms with Crippen LogP contribution in [-0.4, -0.2) is 36.6 Å². The number of halogens is 2. The maximum absolute atomic E-state index is 12.0. The average Bonchev–Trinajstić information content (AvgIpc) is 2.45. The molecule has 0 unspecified atom stereocenters. The predicted octanol–water partition coefficient (Wildman–Crippen LogP) is 2.04. The van der Waals surface area contributed by atoms with Crippen molar-refractivity contribution in [2.24, 2.45) is 5.92 Å². The smallest absolute Gasteiger partial charge is 0.223 e. The monoisotopic (exact) mass is 333 g/mol. The van der Waals surface area contributed by atoms with Gasteiger partial charge < -0.3 is 15.4 Å². The topological polar surface area (TPSA) is 63.2 Å². The fourth-order valence-electron chi connectivity index (χ4n) is 2.29. The highest BCUT2D eigenvalue weighted by Gasteiger charge is 2.24. The third kappa shape index (κ3) is 6.08. The van der Waals surface area contributed by atoms with Crippen molar-refractivity contribution in [3.8, 4) is 5.88 Å². The van der Waals surface area contributed by atoms with Gasteiger partial charge in [0.15, 0.2) is 0 Å². The van der Waals surface area contributed by atoms with Crippen LogP contribution in [0.3, 0.4) is 0 Å². The molecular formula is C14H21Cl2N3O2. The van der Waals surface area contributed by atoms with E-state index in [9.17, 15) is 4.79 Å². The highest BCUT2D eigenvalue weighted by molar-refractivity contribution is 6.30. The molecule has 0 aromatic carbocycles. The molecule has 1 aromatic heterocycles. The second-order valence-corrected chi connectivity index (χ2v) is 5.47. The van der Waals surface area contributed by atoms with Gasteiger partial charge >= 0.3 is 0 Å². The van der Waals surface area contributed by atoms with Crippen molar-refractivity contribution in [3.05, 3.63) is 23.4 Å². The highest BCUT2D eigenvalue weighted by Crippen LogP contribution is 2.15. The molecule has 2 rings (SSSR count). The Kier molecular flexibility index (Phi) is 7.78. The van der Waals surface area contributed by atoms with E-state index in [0.29, 0.717) is 30.1 Å². The minimum atomic E-state index is 0. The first-order chi connectivity index (χ1) is 9.65. The first-order valence-corrected chi connectivity index (χ1v) is 7.28. The van der Waals surface area contributed by atoms with Crippen molar-refractivity contribution in [1.82, 2.24) is 15.6 Å². The van der Waals surface area contributed by atoms with Crippen molar-refractivity contribution >= 4 is 29.9 Å². The lowest BCUT2D eigenvalue weighted by Crippen LogP contribution is -2.43. The Morgan fingerprint density at radius 1 is 1.57 bits per heavy atom. The van der Waals surface area contributed by atoms with Crippen LogP contribution in [0.15, 0.2) is 18.3 Å². The Morgan fingerprint density at radius 3 is 3.05 bits per heavy atom. The van der Waals surface area contributed by atoms with Gasteiger partial charge in [0.05, 0.1) is 11.6 Å². The maximum atomic E-state index is 12.0. The predicted molar refractivity (Wildman–Crippen MR) is 85.2 cm³/mol. The number of amides is 1. The van der Waals surface area contributed by atoms with Gasteiger partial charge in [0.25, 0.3) is 0 Å². The molecule has 2 heterocycles. The van der Waals surface area contributed by atoms with E-state index in [0.717, 1.165) is 19.4 Å². The standard InChI is InChI=1S/C14H20ClN3O2.ClH/c1-10-8-11(4-5-16-10)14(19)17-6-7-20-13-3-2-12(15)9-18-13;/h2-3,9-11,16H,4-8H2,1H3,(H,17,19);1H/t10-,11-;/m0./s1. The lowest BCUT2D eigenvalue weighted by molar-refractivity contribution is -0.126. The maximum Gasteiger partial charge on any atom is 0.223 e. The Morgan fingerprint density at radius 2 is 2.38 bits per heavy atom. The molecule has 1 aromatic rings. The Hall–Kier alpha value is -1.04. The fraction of sp³-hybridized carbons (Fsp3) is 0.571. The van der Waals surface area contributed by atoms with Crippen LogP contribution in [0.1, 0.15) is 19.8 Å². The van der Waals surface area contributed by atoms with E-state index in [4.69, 9.17) is 16.3 Å². The number of nitrogens with zero attached hydrogens (tertiary/aromatic N) is 1. The summed E-state index contributed by atoms with van der Waals surface area (Å²) < 4.78 is 5.42. The van der Waals surface area contributed by atoms with Crippen LogP contribution >= 0.6 is 24.0 Å². The van der Waals surface area contributed by atoms with Gasteiger partial charge in [0.2, 0.25) is 11.8 Å². The Balaban J connectivity index is 0.00000220. The summed E-state index contributed by atoms with van der Waals surface area (Å²) in [6, 6.07) is 3.84. The number of hydrogen-bond acceptors (Lipinski definition) is 4. The summed E-state index contributed by atoms with van der Waals surface area (Å²) >= 11 is 5.73. The molecule has 0 aliphatic carbocycles. The molecule has 1 amide bonds. The summed E-state index contributed by atoms with van der Waals surface area (Å²) in [7, 11) is 0. The molecule has 0 radical (unpaired) electrons. The van der Waals surface area contributed by atoms with Crippen LogP contribution in [-0.2, 0) is 4.79 Å². The number of rotatable bonds is 5. The molecule has 1 aliphatic heterocycles. The lowest BCUT2D eigenvalue weighted by atomic mass is 9.92. The van der Waals surface area contributed by atoms with Crippen molar-refractivity contribution in [2.45, 2.75) is 25.8 Å². The van der Waals surface area contributed by atoms with E-state index < -0.39 is 0 Å². The summed E-state index contributed by atoms with van der Waals surface area (Å²) in [6.45, 7) is 3.90. The molecule has 2 N–H and O–H groups in total. The molecule has 2 atom stereocenters. The molecule has 1 fully saturated rings. The molecular weight excluding hydrogens is 313 g/mol. The summed E-state index contributed by atoms with van der Waals surface area (Å²) in [5.74, 6) is 0.741. The van der Waals surface area contributed by atoms with Gasteiger partial charge in [0, 0.05) is 24.2 Å². The first kappa shape index (κ1) is 18.0. The van der Waals surface area contributed by atoms with E-state index in [1.165, 1.54) is 6.20 Å². The SMILES string of the molecule is C[C@H]1C[C@@H](C(=O)NCCOc2ccc(Cl)cn2)CCN1.Cl.